The normalized spacial score (nSPS) is 24.6. The first-order valence-corrected chi connectivity index (χ1v) is 18.0. The van der Waals surface area contributed by atoms with Gasteiger partial charge in [0, 0.05) is 53.5 Å². The van der Waals surface area contributed by atoms with Crippen molar-refractivity contribution in [3.05, 3.63) is 53.8 Å². The van der Waals surface area contributed by atoms with E-state index in [0.717, 1.165) is 77.6 Å². The number of phenolic OH excluding ortho intramolecular Hbond substituents is 1. The zero-order chi connectivity index (χ0) is 33.3. The first kappa shape index (κ1) is 31.3. The van der Waals surface area contributed by atoms with Gasteiger partial charge in [-0.2, -0.15) is 9.97 Å². The number of fused-ring (bicyclic) bond motifs is 4. The Labute approximate surface area is 284 Å². The van der Waals surface area contributed by atoms with Crippen molar-refractivity contribution in [2.45, 2.75) is 63.5 Å². The van der Waals surface area contributed by atoms with Crippen LogP contribution in [0.2, 0.25) is 0 Å². The van der Waals surface area contributed by atoms with Gasteiger partial charge < -0.3 is 30.3 Å². The van der Waals surface area contributed by atoms with Gasteiger partial charge in [0.1, 0.15) is 17.1 Å². The number of phenols is 1. The molecule has 2 atom stereocenters. The lowest BCUT2D eigenvalue weighted by Gasteiger charge is -2.45. The summed E-state index contributed by atoms with van der Waals surface area (Å²) in [7, 11) is 0. The molecule has 4 saturated heterocycles. The Morgan fingerprint density at radius 1 is 0.857 bits per heavy atom. The second-order valence-corrected chi connectivity index (χ2v) is 15.5. The maximum Gasteiger partial charge on any atom is 0.319 e. The van der Waals surface area contributed by atoms with E-state index in [0.29, 0.717) is 35.3 Å². The number of piperazine rings is 1. The minimum Gasteiger partial charge on any atom is -0.508 e. The molecule has 9 rings (SSSR count). The molecule has 2 bridgehead atoms. The van der Waals surface area contributed by atoms with Gasteiger partial charge in [-0.15, -0.1) is 0 Å². The molecule has 0 radical (unpaired) electrons. The Hall–Kier alpha value is -3.67. The summed E-state index contributed by atoms with van der Waals surface area (Å²) in [6.45, 7) is 7.41. The fourth-order valence-electron chi connectivity index (χ4n) is 9.06. The molecule has 4 aliphatic heterocycles. The van der Waals surface area contributed by atoms with E-state index < -0.39 is 17.5 Å². The number of nitrogens with one attached hydrogen (secondary N) is 2. The third kappa shape index (κ3) is 5.77. The molecule has 5 heterocycles. The number of rotatable bonds is 7. The molecule has 5 fully saturated rings. The lowest BCUT2D eigenvalue weighted by Crippen LogP contribution is -2.51. The molecule has 1 aromatic heterocycles. The van der Waals surface area contributed by atoms with Gasteiger partial charge in [0.15, 0.2) is 17.5 Å². The van der Waals surface area contributed by atoms with Gasteiger partial charge in [-0.05, 0) is 118 Å². The van der Waals surface area contributed by atoms with E-state index in [1.165, 1.54) is 43.9 Å². The zero-order valence-corrected chi connectivity index (χ0v) is 27.7. The van der Waals surface area contributed by atoms with Crippen LogP contribution in [0.3, 0.4) is 0 Å². The Morgan fingerprint density at radius 3 is 2.35 bits per heavy atom. The molecular weight excluding hydrogens is 629 g/mol. The number of benzene rings is 3. The van der Waals surface area contributed by atoms with Gasteiger partial charge in [0.25, 0.3) is 0 Å². The first-order valence-electron chi connectivity index (χ1n) is 18.0. The molecule has 2 unspecified atom stereocenters. The van der Waals surface area contributed by atoms with Crippen molar-refractivity contribution in [1.29, 1.82) is 0 Å². The van der Waals surface area contributed by atoms with Crippen molar-refractivity contribution >= 4 is 27.5 Å². The van der Waals surface area contributed by atoms with Crippen molar-refractivity contribution in [3.63, 3.8) is 0 Å². The van der Waals surface area contributed by atoms with Crippen LogP contribution < -0.4 is 20.3 Å². The van der Waals surface area contributed by atoms with Crippen LogP contribution in [0.5, 0.6) is 11.8 Å². The third-order valence-electron chi connectivity index (χ3n) is 12.2. The summed E-state index contributed by atoms with van der Waals surface area (Å²) in [5.41, 5.74) is 0.669. The van der Waals surface area contributed by atoms with Crippen LogP contribution in [-0.2, 0) is 0 Å². The number of halogens is 3. The largest absolute Gasteiger partial charge is 0.508 e. The summed E-state index contributed by atoms with van der Waals surface area (Å²) in [4.78, 5) is 14.4. The molecule has 1 aliphatic carbocycles. The first-order chi connectivity index (χ1) is 23.8. The number of ether oxygens (including phenoxy) is 1. The van der Waals surface area contributed by atoms with Gasteiger partial charge in [0.2, 0.25) is 0 Å². The predicted octanol–water partition coefficient (Wildman–Crippen LogP) is 6.14. The number of hydrogen-bond donors (Lipinski definition) is 3. The van der Waals surface area contributed by atoms with Crippen molar-refractivity contribution in [1.82, 2.24) is 25.5 Å². The SMILES string of the molecule is Oc1cc(-c2ccc3c(N4CC5CCC(C4)N5)nc(OCC4(CN5CCC6(CCNCC6)CC5)CC4)nc3c2F)c2c(F)c(F)ccc2c1. The minimum absolute atomic E-state index is 0.0177. The van der Waals surface area contributed by atoms with Gasteiger partial charge >= 0.3 is 6.01 Å². The summed E-state index contributed by atoms with van der Waals surface area (Å²) in [5, 5.41) is 18.3. The number of hydrogen-bond acceptors (Lipinski definition) is 8. The van der Waals surface area contributed by atoms with Crippen molar-refractivity contribution in [2.75, 3.05) is 57.3 Å². The molecule has 11 heteroatoms. The highest BCUT2D eigenvalue weighted by Gasteiger charge is 2.46. The lowest BCUT2D eigenvalue weighted by molar-refractivity contribution is 0.0547. The molecule has 258 valence electrons. The summed E-state index contributed by atoms with van der Waals surface area (Å²) in [6, 6.07) is 9.08. The van der Waals surface area contributed by atoms with Crippen LogP contribution in [0.25, 0.3) is 32.8 Å². The lowest BCUT2D eigenvalue weighted by atomic mass is 9.71. The molecule has 5 aliphatic rings. The maximum atomic E-state index is 16.8. The van der Waals surface area contributed by atoms with E-state index in [2.05, 4.69) is 25.4 Å². The summed E-state index contributed by atoms with van der Waals surface area (Å²) in [6.07, 6.45) is 9.36. The maximum absolute atomic E-state index is 16.8. The number of aromatic nitrogens is 2. The van der Waals surface area contributed by atoms with Crippen LogP contribution in [0.4, 0.5) is 19.0 Å². The summed E-state index contributed by atoms with van der Waals surface area (Å²) < 4.78 is 52.8. The molecular formula is C38H43F3N6O2. The number of piperidine rings is 2. The van der Waals surface area contributed by atoms with Crippen LogP contribution in [-0.4, -0.2) is 84.5 Å². The molecule has 4 aromatic rings. The second-order valence-electron chi connectivity index (χ2n) is 15.5. The minimum atomic E-state index is -1.09. The van der Waals surface area contributed by atoms with Gasteiger partial charge in [0.05, 0.1) is 6.61 Å². The Morgan fingerprint density at radius 2 is 1.61 bits per heavy atom. The van der Waals surface area contributed by atoms with Crippen molar-refractivity contribution < 1.29 is 23.0 Å². The van der Waals surface area contributed by atoms with Crippen LogP contribution in [0, 0.1) is 28.3 Å². The molecule has 0 amide bonds. The van der Waals surface area contributed by atoms with Gasteiger partial charge in [-0.25, -0.2) is 13.2 Å². The van der Waals surface area contributed by atoms with Crippen molar-refractivity contribution in [2.24, 2.45) is 10.8 Å². The average molecular weight is 673 g/mol. The molecule has 8 nitrogen and oxygen atoms in total. The zero-order valence-electron chi connectivity index (χ0n) is 27.7. The Bertz CT molecular complexity index is 1910. The fourth-order valence-corrected chi connectivity index (χ4v) is 9.06. The van der Waals surface area contributed by atoms with E-state index in [1.54, 1.807) is 12.1 Å². The van der Waals surface area contributed by atoms with Crippen molar-refractivity contribution in [3.8, 4) is 22.9 Å². The molecule has 1 saturated carbocycles. The highest BCUT2D eigenvalue weighted by Crippen LogP contribution is 2.48. The number of aromatic hydroxyl groups is 1. The summed E-state index contributed by atoms with van der Waals surface area (Å²) >= 11 is 0. The van der Waals surface area contributed by atoms with Crippen LogP contribution in [0.15, 0.2) is 36.4 Å². The van der Waals surface area contributed by atoms with Crippen LogP contribution in [0.1, 0.15) is 51.4 Å². The topological polar surface area (TPSA) is 85.8 Å². The van der Waals surface area contributed by atoms with Gasteiger partial charge in [-0.1, -0.05) is 12.1 Å². The van der Waals surface area contributed by atoms with E-state index in [9.17, 15) is 9.50 Å². The standard InChI is InChI=1S/C38H43F3N6O2/c39-30-6-1-23-17-26(48)18-29(31(23)33(30)41)27-4-5-28-34(32(27)40)44-36(45-35(28)47-19-24-2-3-25(20-47)43-24)49-22-38(7-8-38)21-46-15-11-37(12-16-46)9-13-42-14-10-37/h1,4-6,17-18,24-25,42-43,48H,2-3,7-16,19-22H2. The van der Waals surface area contributed by atoms with Crippen LogP contribution >= 0.6 is 0 Å². The number of likely N-dealkylation sites (tertiary alicyclic amines) is 1. The Kier molecular flexibility index (Phi) is 7.66. The third-order valence-corrected chi connectivity index (χ3v) is 12.2. The highest BCUT2D eigenvalue weighted by molar-refractivity contribution is 6.01. The van der Waals surface area contributed by atoms with E-state index in [-0.39, 0.29) is 44.6 Å². The molecule has 1 spiro atoms. The second kappa shape index (κ2) is 12.0. The highest BCUT2D eigenvalue weighted by atomic mass is 19.2. The quantitative estimate of drug-likeness (QED) is 0.216. The van der Waals surface area contributed by atoms with E-state index in [4.69, 9.17) is 9.72 Å². The molecule has 49 heavy (non-hydrogen) atoms. The monoisotopic (exact) mass is 672 g/mol. The number of anilines is 1. The fraction of sp³-hybridized carbons (Fsp3) is 0.526. The smallest absolute Gasteiger partial charge is 0.319 e. The predicted molar refractivity (Wildman–Crippen MR) is 184 cm³/mol. The molecule has 3 N–H and O–H groups in total. The Balaban J connectivity index is 1.04. The summed E-state index contributed by atoms with van der Waals surface area (Å²) in [5.74, 6) is -2.38. The van der Waals surface area contributed by atoms with E-state index in [1.807, 2.05) is 0 Å². The number of nitrogens with zero attached hydrogens (tertiary/aromatic N) is 4. The van der Waals surface area contributed by atoms with Gasteiger partial charge in [-0.3, -0.25) is 0 Å². The van der Waals surface area contributed by atoms with E-state index >= 15 is 8.78 Å². The molecule has 3 aromatic carbocycles. The average Bonchev–Trinajstić information content (AvgIpc) is 3.80.